The van der Waals surface area contributed by atoms with Gasteiger partial charge in [-0.15, -0.1) is 0 Å². The van der Waals surface area contributed by atoms with Crippen molar-refractivity contribution in [1.29, 1.82) is 0 Å². The lowest BCUT2D eigenvalue weighted by atomic mass is 10.2. The summed E-state index contributed by atoms with van der Waals surface area (Å²) < 4.78 is 0. The number of amides is 2. The molecule has 1 saturated heterocycles. The molecule has 0 saturated carbocycles. The van der Waals surface area contributed by atoms with Crippen LogP contribution in [0.4, 0.5) is 5.95 Å². The van der Waals surface area contributed by atoms with Gasteiger partial charge in [0, 0.05) is 46.0 Å². The fourth-order valence-electron chi connectivity index (χ4n) is 3.22. The summed E-state index contributed by atoms with van der Waals surface area (Å²) in [6.07, 6.45) is 1.47. The molecule has 0 atom stereocenters. The number of imide groups is 1. The fourth-order valence-corrected chi connectivity index (χ4v) is 3.22. The van der Waals surface area contributed by atoms with Crippen molar-refractivity contribution in [3.05, 3.63) is 53.3 Å². The van der Waals surface area contributed by atoms with Crippen LogP contribution < -0.4 is 4.90 Å². The van der Waals surface area contributed by atoms with Crippen molar-refractivity contribution in [2.45, 2.75) is 6.54 Å². The van der Waals surface area contributed by atoms with E-state index in [9.17, 15) is 9.59 Å². The van der Waals surface area contributed by atoms with E-state index in [1.54, 1.807) is 0 Å². The van der Waals surface area contributed by atoms with Gasteiger partial charge in [0.1, 0.15) is 5.69 Å². The van der Waals surface area contributed by atoms with Crippen molar-refractivity contribution < 1.29 is 9.59 Å². The maximum Gasteiger partial charge on any atom is 0.280 e. The number of carbonyl (C=O) groups excluding carboxylic acids is 2. The second-order valence-electron chi connectivity index (χ2n) is 6.35. The molecule has 0 unspecified atom stereocenters. The first-order chi connectivity index (χ1) is 12.1. The average Bonchev–Trinajstić information content (AvgIpc) is 2.87. The monoisotopic (exact) mass is 337 g/mol. The van der Waals surface area contributed by atoms with Gasteiger partial charge in [-0.1, -0.05) is 30.3 Å². The Bertz CT molecular complexity index is 815. The summed E-state index contributed by atoms with van der Waals surface area (Å²) in [4.78, 5) is 38.2. The number of piperazine rings is 1. The van der Waals surface area contributed by atoms with Gasteiger partial charge >= 0.3 is 0 Å². The Hall–Kier alpha value is -2.80. The highest BCUT2D eigenvalue weighted by Crippen LogP contribution is 2.22. The number of benzene rings is 1. The molecule has 1 aromatic carbocycles. The van der Waals surface area contributed by atoms with Gasteiger partial charge in [0.05, 0.1) is 5.56 Å². The summed E-state index contributed by atoms with van der Waals surface area (Å²) in [5, 5.41) is 0. The third-order valence-electron chi connectivity index (χ3n) is 4.72. The molecule has 128 valence electrons. The highest BCUT2D eigenvalue weighted by atomic mass is 16.2. The third kappa shape index (κ3) is 2.87. The van der Waals surface area contributed by atoms with Crippen LogP contribution in [0.15, 0.2) is 36.5 Å². The molecule has 0 N–H and O–H groups in total. The molecule has 2 aromatic rings. The van der Waals surface area contributed by atoms with E-state index >= 15 is 0 Å². The SMILES string of the molecule is CN1C(=O)c2cnc(N3CCN(Cc4ccccc4)CC3)nc2C1=O. The van der Waals surface area contributed by atoms with Crippen molar-refractivity contribution >= 4 is 17.8 Å². The van der Waals surface area contributed by atoms with E-state index in [1.165, 1.54) is 18.8 Å². The second-order valence-corrected chi connectivity index (χ2v) is 6.35. The molecular weight excluding hydrogens is 318 g/mol. The Morgan fingerprint density at radius 3 is 2.44 bits per heavy atom. The van der Waals surface area contributed by atoms with Crippen LogP contribution in [0.25, 0.3) is 0 Å². The highest BCUT2D eigenvalue weighted by Gasteiger charge is 2.35. The normalized spacial score (nSPS) is 18.0. The van der Waals surface area contributed by atoms with Crippen LogP contribution in [0, 0.1) is 0 Å². The van der Waals surface area contributed by atoms with Gasteiger partial charge in [-0.3, -0.25) is 19.4 Å². The first-order valence-electron chi connectivity index (χ1n) is 8.34. The van der Waals surface area contributed by atoms with Crippen molar-refractivity contribution in [3.63, 3.8) is 0 Å². The largest absolute Gasteiger partial charge is 0.338 e. The molecule has 7 nitrogen and oxygen atoms in total. The van der Waals surface area contributed by atoms with Crippen LogP contribution >= 0.6 is 0 Å². The van der Waals surface area contributed by atoms with Crippen LogP contribution in [-0.4, -0.2) is 64.8 Å². The predicted molar refractivity (Wildman–Crippen MR) is 92.4 cm³/mol. The number of aromatic nitrogens is 2. The number of hydrogen-bond acceptors (Lipinski definition) is 6. The third-order valence-corrected chi connectivity index (χ3v) is 4.72. The van der Waals surface area contributed by atoms with Gasteiger partial charge < -0.3 is 4.90 Å². The number of fused-ring (bicyclic) bond motifs is 1. The molecule has 4 rings (SSSR count). The van der Waals surface area contributed by atoms with Crippen molar-refractivity contribution in [2.75, 3.05) is 38.1 Å². The van der Waals surface area contributed by atoms with Gasteiger partial charge in [0.2, 0.25) is 5.95 Å². The fraction of sp³-hybridized carbons (Fsp3) is 0.333. The van der Waals surface area contributed by atoms with E-state index < -0.39 is 0 Å². The van der Waals surface area contributed by atoms with Crippen LogP contribution in [0.3, 0.4) is 0 Å². The van der Waals surface area contributed by atoms with Gasteiger partial charge in [0.25, 0.3) is 11.8 Å². The zero-order valence-electron chi connectivity index (χ0n) is 14.1. The number of anilines is 1. The summed E-state index contributed by atoms with van der Waals surface area (Å²) in [6, 6.07) is 10.4. The Morgan fingerprint density at radius 2 is 1.72 bits per heavy atom. The quantitative estimate of drug-likeness (QED) is 0.779. The minimum absolute atomic E-state index is 0.212. The van der Waals surface area contributed by atoms with Crippen molar-refractivity contribution in [3.8, 4) is 0 Å². The van der Waals surface area contributed by atoms with Gasteiger partial charge in [-0.05, 0) is 5.56 Å². The molecule has 2 aliphatic heterocycles. The number of carbonyl (C=O) groups is 2. The van der Waals surface area contributed by atoms with Gasteiger partial charge in [-0.2, -0.15) is 0 Å². The summed E-state index contributed by atoms with van der Waals surface area (Å²) in [7, 11) is 1.47. The summed E-state index contributed by atoms with van der Waals surface area (Å²) in [6.45, 7) is 4.33. The zero-order chi connectivity index (χ0) is 17.4. The van der Waals surface area contributed by atoms with Crippen LogP contribution in [-0.2, 0) is 6.54 Å². The molecule has 2 aliphatic rings. The smallest absolute Gasteiger partial charge is 0.280 e. The first-order valence-corrected chi connectivity index (χ1v) is 8.34. The molecular formula is C18H19N5O2. The highest BCUT2D eigenvalue weighted by molar-refractivity contribution is 6.20. The molecule has 1 aromatic heterocycles. The van der Waals surface area contributed by atoms with Crippen LogP contribution in [0.1, 0.15) is 26.4 Å². The lowest BCUT2D eigenvalue weighted by Crippen LogP contribution is -2.46. The molecule has 7 heteroatoms. The molecule has 2 amide bonds. The first kappa shape index (κ1) is 15.7. The van der Waals surface area contributed by atoms with E-state index in [0.29, 0.717) is 11.5 Å². The number of rotatable bonds is 3. The number of nitrogens with zero attached hydrogens (tertiary/aromatic N) is 5. The van der Waals surface area contributed by atoms with Crippen molar-refractivity contribution in [1.82, 2.24) is 19.8 Å². The Balaban J connectivity index is 1.43. The lowest BCUT2D eigenvalue weighted by Gasteiger charge is -2.34. The Labute approximate surface area is 145 Å². The van der Waals surface area contributed by atoms with E-state index in [0.717, 1.165) is 37.6 Å². The number of hydrogen-bond donors (Lipinski definition) is 0. The standard InChI is InChI=1S/C18H19N5O2/c1-21-16(24)14-11-19-18(20-15(14)17(21)25)23-9-7-22(8-10-23)12-13-5-3-2-4-6-13/h2-6,11H,7-10,12H2,1H3. The molecule has 0 aliphatic carbocycles. The van der Waals surface area contributed by atoms with E-state index in [-0.39, 0.29) is 17.5 Å². The average molecular weight is 337 g/mol. The molecule has 0 spiro atoms. The minimum atomic E-state index is -0.355. The minimum Gasteiger partial charge on any atom is -0.338 e. The molecule has 25 heavy (non-hydrogen) atoms. The maximum absolute atomic E-state index is 12.1. The maximum atomic E-state index is 12.1. The van der Waals surface area contributed by atoms with Crippen LogP contribution in [0.5, 0.6) is 0 Å². The topological polar surface area (TPSA) is 69.6 Å². The van der Waals surface area contributed by atoms with Gasteiger partial charge in [0.15, 0.2) is 0 Å². The van der Waals surface area contributed by atoms with E-state index in [2.05, 4.69) is 44.0 Å². The Kier molecular flexibility index (Phi) is 3.93. The lowest BCUT2D eigenvalue weighted by molar-refractivity contribution is 0.0691. The molecule has 0 bridgehead atoms. The predicted octanol–water partition coefficient (Wildman–Crippen LogP) is 1.02. The van der Waals surface area contributed by atoms with Crippen molar-refractivity contribution in [2.24, 2.45) is 0 Å². The summed E-state index contributed by atoms with van der Waals surface area (Å²) >= 11 is 0. The van der Waals surface area contributed by atoms with Crippen LogP contribution in [0.2, 0.25) is 0 Å². The zero-order valence-corrected chi connectivity index (χ0v) is 14.1. The van der Waals surface area contributed by atoms with E-state index in [1.807, 2.05) is 6.07 Å². The van der Waals surface area contributed by atoms with Gasteiger partial charge in [-0.25, -0.2) is 9.97 Å². The Morgan fingerprint density at radius 1 is 1.00 bits per heavy atom. The molecule has 1 fully saturated rings. The molecule has 0 radical (unpaired) electrons. The summed E-state index contributed by atoms with van der Waals surface area (Å²) in [5.74, 6) is -0.167. The van der Waals surface area contributed by atoms with E-state index in [4.69, 9.17) is 0 Å². The summed E-state index contributed by atoms with van der Waals surface area (Å²) in [5.41, 5.74) is 1.81. The molecule has 3 heterocycles. The second kappa shape index (κ2) is 6.25.